The number of rotatable bonds is 7. The van der Waals surface area contributed by atoms with Crippen LogP contribution < -0.4 is 20.1 Å². The first-order chi connectivity index (χ1) is 14.8. The summed E-state index contributed by atoms with van der Waals surface area (Å²) < 4.78 is 10.9. The Morgan fingerprint density at radius 1 is 0.935 bits per heavy atom. The number of benzene rings is 2. The second-order valence-electron chi connectivity index (χ2n) is 7.15. The Morgan fingerprint density at radius 2 is 1.48 bits per heavy atom. The number of hydrogen-bond acceptors (Lipinski definition) is 6. The molecular weight excluding hydrogens is 414 g/mol. The van der Waals surface area contributed by atoms with Gasteiger partial charge in [-0.25, -0.2) is 4.98 Å². The summed E-state index contributed by atoms with van der Waals surface area (Å²) >= 11 is 1.38. The number of aryl methyl sites for hydroxylation is 1. The second kappa shape index (κ2) is 9.61. The van der Waals surface area contributed by atoms with Crippen LogP contribution in [0.25, 0.3) is 0 Å². The highest BCUT2D eigenvalue weighted by Crippen LogP contribution is 2.37. The van der Waals surface area contributed by atoms with Gasteiger partial charge in [0.15, 0.2) is 0 Å². The molecule has 2 aromatic carbocycles. The van der Waals surface area contributed by atoms with Crippen LogP contribution >= 0.6 is 11.3 Å². The van der Waals surface area contributed by atoms with E-state index in [0.29, 0.717) is 39.0 Å². The van der Waals surface area contributed by atoms with E-state index < -0.39 is 0 Å². The number of methoxy groups -OCH3 is 2. The van der Waals surface area contributed by atoms with Gasteiger partial charge in [0.25, 0.3) is 11.8 Å². The maximum atomic E-state index is 12.9. The average molecular weight is 440 g/mol. The van der Waals surface area contributed by atoms with Crippen molar-refractivity contribution in [3.8, 4) is 11.5 Å². The maximum Gasteiger partial charge on any atom is 0.267 e. The lowest BCUT2D eigenvalue weighted by Gasteiger charge is -2.16. The Hall–Kier alpha value is -3.39. The first-order valence-corrected chi connectivity index (χ1v) is 10.6. The predicted molar refractivity (Wildman–Crippen MR) is 123 cm³/mol. The Labute approximate surface area is 185 Å². The molecule has 1 heterocycles. The minimum absolute atomic E-state index is 0.243. The van der Waals surface area contributed by atoms with Crippen molar-refractivity contribution in [1.82, 2.24) is 4.98 Å². The van der Waals surface area contributed by atoms with E-state index in [0.717, 1.165) is 5.01 Å². The highest BCUT2D eigenvalue weighted by Gasteiger charge is 2.20. The van der Waals surface area contributed by atoms with Gasteiger partial charge in [-0.2, -0.15) is 0 Å². The van der Waals surface area contributed by atoms with E-state index in [-0.39, 0.29) is 17.7 Å². The molecule has 0 fully saturated rings. The highest BCUT2D eigenvalue weighted by molar-refractivity contribution is 7.14. The molecule has 0 bridgehead atoms. The maximum absolute atomic E-state index is 12.9. The summed E-state index contributed by atoms with van der Waals surface area (Å²) in [7, 11) is 2.99. The van der Waals surface area contributed by atoms with E-state index >= 15 is 0 Å². The molecule has 3 rings (SSSR count). The standard InChI is InChI=1S/C23H25N3O4S/c1-13(2)23-24-14(3)20(31-23)22(28)26-17-12-18(29-4)16(11-19(17)30-5)25-21(27)15-9-7-6-8-10-15/h6-13H,1-5H3,(H,25,27)(H,26,28). The van der Waals surface area contributed by atoms with Gasteiger partial charge in [-0.3, -0.25) is 9.59 Å². The van der Waals surface area contributed by atoms with E-state index in [1.165, 1.54) is 25.6 Å². The van der Waals surface area contributed by atoms with Crippen LogP contribution in [0.4, 0.5) is 11.4 Å². The summed E-state index contributed by atoms with van der Waals surface area (Å²) in [4.78, 5) is 30.4. The third-order valence-electron chi connectivity index (χ3n) is 4.57. The van der Waals surface area contributed by atoms with Crippen molar-refractivity contribution in [2.75, 3.05) is 24.9 Å². The van der Waals surface area contributed by atoms with E-state index in [1.807, 2.05) is 26.8 Å². The second-order valence-corrected chi connectivity index (χ2v) is 8.18. The molecule has 162 valence electrons. The number of nitrogens with zero attached hydrogens (tertiary/aromatic N) is 1. The molecule has 0 radical (unpaired) electrons. The summed E-state index contributed by atoms with van der Waals surface area (Å²) in [6.07, 6.45) is 0. The van der Waals surface area contributed by atoms with Gasteiger partial charge in [0.2, 0.25) is 0 Å². The van der Waals surface area contributed by atoms with Crippen LogP contribution in [0.2, 0.25) is 0 Å². The minimum Gasteiger partial charge on any atom is -0.494 e. The van der Waals surface area contributed by atoms with Gasteiger partial charge in [-0.1, -0.05) is 32.0 Å². The third kappa shape index (κ3) is 5.03. The Balaban J connectivity index is 1.88. The molecule has 31 heavy (non-hydrogen) atoms. The summed E-state index contributed by atoms with van der Waals surface area (Å²) in [5.74, 6) is 0.475. The molecule has 8 heteroatoms. The zero-order valence-corrected chi connectivity index (χ0v) is 18.9. The zero-order valence-electron chi connectivity index (χ0n) is 18.1. The van der Waals surface area contributed by atoms with Gasteiger partial charge >= 0.3 is 0 Å². The molecule has 0 aliphatic rings. The van der Waals surface area contributed by atoms with Crippen LogP contribution in [-0.2, 0) is 0 Å². The van der Waals surface area contributed by atoms with Crippen molar-refractivity contribution in [3.05, 3.63) is 63.6 Å². The smallest absolute Gasteiger partial charge is 0.267 e. The predicted octanol–water partition coefficient (Wildman–Crippen LogP) is 5.10. The van der Waals surface area contributed by atoms with Crippen molar-refractivity contribution in [2.45, 2.75) is 26.7 Å². The van der Waals surface area contributed by atoms with E-state index in [1.54, 1.807) is 36.4 Å². The highest BCUT2D eigenvalue weighted by atomic mass is 32.1. The molecule has 0 aliphatic carbocycles. The third-order valence-corrected chi connectivity index (χ3v) is 6.02. The van der Waals surface area contributed by atoms with Crippen LogP contribution in [0.5, 0.6) is 11.5 Å². The fourth-order valence-corrected chi connectivity index (χ4v) is 3.90. The normalized spacial score (nSPS) is 10.6. The number of hydrogen-bond donors (Lipinski definition) is 2. The lowest BCUT2D eigenvalue weighted by Crippen LogP contribution is -2.15. The molecule has 2 amide bonds. The zero-order chi connectivity index (χ0) is 22.5. The molecule has 0 spiro atoms. The monoisotopic (exact) mass is 439 g/mol. The first-order valence-electron chi connectivity index (χ1n) is 9.75. The molecular formula is C23H25N3O4S. The largest absolute Gasteiger partial charge is 0.494 e. The van der Waals surface area contributed by atoms with Gasteiger partial charge in [-0.05, 0) is 19.1 Å². The molecule has 0 saturated carbocycles. The van der Waals surface area contributed by atoms with Crippen LogP contribution in [-0.4, -0.2) is 31.0 Å². The van der Waals surface area contributed by atoms with E-state index in [4.69, 9.17) is 9.47 Å². The molecule has 0 unspecified atom stereocenters. The number of amides is 2. The molecule has 1 aromatic heterocycles. The fourth-order valence-electron chi connectivity index (χ4n) is 2.93. The van der Waals surface area contributed by atoms with Gasteiger partial charge in [0, 0.05) is 23.6 Å². The van der Waals surface area contributed by atoms with E-state index in [9.17, 15) is 9.59 Å². The Kier molecular flexibility index (Phi) is 6.91. The SMILES string of the molecule is COc1cc(NC(=O)c2sc(C(C)C)nc2C)c(OC)cc1NC(=O)c1ccccc1. The van der Waals surface area contributed by atoms with Crippen LogP contribution in [0.15, 0.2) is 42.5 Å². The molecule has 0 aliphatic heterocycles. The number of nitrogens with one attached hydrogen (secondary N) is 2. The lowest BCUT2D eigenvalue weighted by molar-refractivity contribution is 0.101. The number of carbonyl (C=O) groups is 2. The van der Waals surface area contributed by atoms with Gasteiger partial charge in [0.1, 0.15) is 16.4 Å². The number of aromatic nitrogens is 1. The van der Waals surface area contributed by atoms with Gasteiger partial charge < -0.3 is 20.1 Å². The number of thiazole rings is 1. The topological polar surface area (TPSA) is 89.6 Å². The summed E-state index contributed by atoms with van der Waals surface area (Å²) in [6.45, 7) is 5.89. The molecule has 0 saturated heterocycles. The fraction of sp³-hybridized carbons (Fsp3) is 0.261. The van der Waals surface area contributed by atoms with Crippen molar-refractivity contribution in [1.29, 1.82) is 0 Å². The summed E-state index contributed by atoms with van der Waals surface area (Å²) in [6, 6.07) is 12.1. The Bertz CT molecular complexity index is 1090. The number of anilines is 2. The van der Waals surface area contributed by atoms with E-state index in [2.05, 4.69) is 15.6 Å². The molecule has 0 atom stereocenters. The van der Waals surface area contributed by atoms with Gasteiger partial charge in [-0.15, -0.1) is 11.3 Å². The summed E-state index contributed by atoms with van der Waals surface area (Å²) in [5.41, 5.74) is 2.06. The quantitative estimate of drug-likeness (QED) is 0.535. The molecule has 2 N–H and O–H groups in total. The van der Waals surface area contributed by atoms with Crippen LogP contribution in [0.3, 0.4) is 0 Å². The lowest BCUT2D eigenvalue weighted by atomic mass is 10.2. The number of ether oxygens (including phenoxy) is 2. The van der Waals surface area contributed by atoms with Gasteiger partial charge in [0.05, 0.1) is 36.3 Å². The van der Waals surface area contributed by atoms with Crippen LogP contribution in [0.1, 0.15) is 50.5 Å². The van der Waals surface area contributed by atoms with Crippen molar-refractivity contribution in [3.63, 3.8) is 0 Å². The molecule has 3 aromatic rings. The average Bonchev–Trinajstić information content (AvgIpc) is 3.17. The van der Waals surface area contributed by atoms with Crippen molar-refractivity contribution >= 4 is 34.5 Å². The van der Waals surface area contributed by atoms with Crippen molar-refractivity contribution in [2.24, 2.45) is 0 Å². The van der Waals surface area contributed by atoms with Crippen LogP contribution in [0, 0.1) is 6.92 Å². The Morgan fingerprint density at radius 3 is 1.97 bits per heavy atom. The number of carbonyl (C=O) groups excluding carboxylic acids is 2. The minimum atomic E-state index is -0.278. The summed E-state index contributed by atoms with van der Waals surface area (Å²) in [5, 5.41) is 6.61. The first kappa shape index (κ1) is 22.3. The van der Waals surface area contributed by atoms with Crippen molar-refractivity contribution < 1.29 is 19.1 Å². The molecule has 7 nitrogen and oxygen atoms in total.